The second-order valence-corrected chi connectivity index (χ2v) is 10.0. The van der Waals surface area contributed by atoms with E-state index in [1.807, 2.05) is 34.9 Å². The number of hydrogen-bond donors (Lipinski definition) is 1. The van der Waals surface area contributed by atoms with Crippen molar-refractivity contribution in [1.82, 2.24) is 14.8 Å². The van der Waals surface area contributed by atoms with Crippen LogP contribution >= 0.6 is 35.0 Å². The molecular weight excluding hydrogens is 559 g/mol. The lowest BCUT2D eigenvalue weighted by atomic mass is 10.2. The first-order valence-corrected chi connectivity index (χ1v) is 14.0. The molecule has 4 rings (SSSR count). The van der Waals surface area contributed by atoms with Gasteiger partial charge in [0.1, 0.15) is 11.6 Å². The van der Waals surface area contributed by atoms with Gasteiger partial charge < -0.3 is 14.8 Å². The van der Waals surface area contributed by atoms with Crippen LogP contribution in [0.4, 0.5) is 5.69 Å². The number of rotatable bonds is 12. The minimum absolute atomic E-state index is 0.128. The largest absolute Gasteiger partial charge is 0.492 e. The summed E-state index contributed by atoms with van der Waals surface area (Å²) in [4.78, 5) is 24.5. The van der Waals surface area contributed by atoms with Crippen molar-refractivity contribution in [2.24, 2.45) is 0 Å². The van der Waals surface area contributed by atoms with Crippen molar-refractivity contribution in [2.75, 3.05) is 24.3 Å². The van der Waals surface area contributed by atoms with Gasteiger partial charge in [0.25, 0.3) is 0 Å². The molecule has 1 aromatic heterocycles. The van der Waals surface area contributed by atoms with E-state index in [1.54, 1.807) is 49.4 Å². The molecule has 1 amide bonds. The van der Waals surface area contributed by atoms with E-state index in [9.17, 15) is 9.59 Å². The van der Waals surface area contributed by atoms with E-state index >= 15 is 0 Å². The fraction of sp³-hybridized carbons (Fsp3) is 0.214. The highest BCUT2D eigenvalue weighted by atomic mass is 35.5. The topological polar surface area (TPSA) is 95.3 Å². The van der Waals surface area contributed by atoms with E-state index < -0.39 is 5.97 Å². The fourth-order valence-corrected chi connectivity index (χ4v) is 4.86. The number of thioether (sulfide) groups is 1. The van der Waals surface area contributed by atoms with Crippen molar-refractivity contribution in [1.29, 1.82) is 0 Å². The molecule has 1 N–H and O–H groups in total. The number of aryl methyl sites for hydroxylation is 1. The molecule has 0 radical (unpaired) electrons. The van der Waals surface area contributed by atoms with Crippen LogP contribution in [-0.4, -0.2) is 45.6 Å². The summed E-state index contributed by atoms with van der Waals surface area (Å²) in [5, 5.41) is 13.2. The van der Waals surface area contributed by atoms with Crippen LogP contribution in [0.15, 0.2) is 78.0 Å². The molecule has 3 aromatic carbocycles. The van der Waals surface area contributed by atoms with Crippen molar-refractivity contribution in [3.63, 3.8) is 0 Å². The molecule has 0 saturated carbocycles. The van der Waals surface area contributed by atoms with Crippen LogP contribution in [0, 0.1) is 0 Å². The Morgan fingerprint density at radius 3 is 2.49 bits per heavy atom. The number of hydrogen-bond acceptors (Lipinski definition) is 7. The Bertz CT molecular complexity index is 1420. The summed E-state index contributed by atoms with van der Waals surface area (Å²) in [6, 6.07) is 21.4. The SMILES string of the molecule is CCOC(=O)c1ccc(NC(=O)CSc2nnc(CCCOc3ccc(Cl)cc3Cl)n2-c2ccccc2)cc1. The lowest BCUT2D eigenvalue weighted by Gasteiger charge is -2.11. The second kappa shape index (κ2) is 14.0. The molecule has 8 nitrogen and oxygen atoms in total. The molecule has 39 heavy (non-hydrogen) atoms. The zero-order chi connectivity index (χ0) is 27.6. The summed E-state index contributed by atoms with van der Waals surface area (Å²) >= 11 is 13.4. The fourth-order valence-electron chi connectivity index (χ4n) is 3.63. The highest BCUT2D eigenvalue weighted by molar-refractivity contribution is 7.99. The molecule has 202 valence electrons. The molecule has 1 heterocycles. The normalized spacial score (nSPS) is 10.7. The predicted molar refractivity (Wildman–Crippen MR) is 153 cm³/mol. The summed E-state index contributed by atoms with van der Waals surface area (Å²) in [7, 11) is 0. The van der Waals surface area contributed by atoms with Gasteiger partial charge in [-0.05, 0) is 67.9 Å². The van der Waals surface area contributed by atoms with Crippen LogP contribution in [-0.2, 0) is 16.0 Å². The maximum atomic E-state index is 12.6. The van der Waals surface area contributed by atoms with Gasteiger partial charge in [0, 0.05) is 22.8 Å². The quantitative estimate of drug-likeness (QED) is 0.115. The summed E-state index contributed by atoms with van der Waals surface area (Å²) in [6.07, 6.45) is 1.28. The molecule has 0 spiro atoms. The molecule has 11 heteroatoms. The van der Waals surface area contributed by atoms with Crippen molar-refractivity contribution in [3.8, 4) is 11.4 Å². The number of amides is 1. The molecule has 0 aliphatic heterocycles. The first-order valence-electron chi connectivity index (χ1n) is 12.2. The van der Waals surface area contributed by atoms with Gasteiger partial charge in [0.2, 0.25) is 5.91 Å². The van der Waals surface area contributed by atoms with E-state index in [0.717, 1.165) is 11.5 Å². The molecule has 0 fully saturated rings. The first kappa shape index (κ1) is 28.5. The lowest BCUT2D eigenvalue weighted by molar-refractivity contribution is -0.113. The van der Waals surface area contributed by atoms with Crippen molar-refractivity contribution >= 4 is 52.5 Å². The number of aromatic nitrogens is 3. The molecule has 4 aromatic rings. The number of carbonyl (C=O) groups is 2. The number of ether oxygens (including phenoxy) is 2. The van der Waals surface area contributed by atoms with Gasteiger partial charge in [-0.3, -0.25) is 9.36 Å². The Kier molecular flexibility index (Phi) is 10.2. The molecule has 0 unspecified atom stereocenters. The van der Waals surface area contributed by atoms with Crippen LogP contribution in [0.5, 0.6) is 5.75 Å². The highest BCUT2D eigenvalue weighted by Gasteiger charge is 2.16. The Morgan fingerprint density at radius 2 is 1.77 bits per heavy atom. The number of para-hydroxylation sites is 1. The van der Waals surface area contributed by atoms with Gasteiger partial charge in [-0.25, -0.2) is 4.79 Å². The average Bonchev–Trinajstić information content (AvgIpc) is 3.34. The third-order valence-electron chi connectivity index (χ3n) is 5.42. The van der Waals surface area contributed by atoms with Crippen molar-refractivity contribution in [3.05, 3.63) is 94.2 Å². The van der Waals surface area contributed by atoms with E-state index in [0.29, 0.717) is 58.3 Å². The van der Waals surface area contributed by atoms with Crippen LogP contribution in [0.1, 0.15) is 29.5 Å². The maximum Gasteiger partial charge on any atom is 0.338 e. The van der Waals surface area contributed by atoms with Crippen LogP contribution in [0.25, 0.3) is 5.69 Å². The second-order valence-electron chi connectivity index (χ2n) is 8.23. The standard InChI is InChI=1S/C28H26Cl2N4O4S/c1-2-37-27(36)19-10-13-21(14-11-19)31-26(35)18-39-28-33-32-25(34(28)22-7-4-3-5-8-22)9-6-16-38-24-15-12-20(29)17-23(24)30/h3-5,7-8,10-15,17H,2,6,9,16,18H2,1H3,(H,31,35). The number of nitrogens with one attached hydrogen (secondary N) is 1. The van der Waals surface area contributed by atoms with Crippen molar-refractivity contribution in [2.45, 2.75) is 24.9 Å². The summed E-state index contributed by atoms with van der Waals surface area (Å²) in [5.41, 5.74) is 1.91. The van der Waals surface area contributed by atoms with Gasteiger partial charge in [-0.1, -0.05) is 53.2 Å². The minimum Gasteiger partial charge on any atom is -0.492 e. The van der Waals surface area contributed by atoms with Gasteiger partial charge in [0.15, 0.2) is 5.16 Å². The number of carbonyl (C=O) groups excluding carboxylic acids is 2. The van der Waals surface area contributed by atoms with Gasteiger partial charge in [0.05, 0.1) is 29.6 Å². The molecular formula is C28H26Cl2N4O4S. The van der Waals surface area contributed by atoms with Gasteiger partial charge in [-0.2, -0.15) is 0 Å². The maximum absolute atomic E-state index is 12.6. The zero-order valence-electron chi connectivity index (χ0n) is 21.1. The molecule has 0 saturated heterocycles. The number of benzene rings is 3. The summed E-state index contributed by atoms with van der Waals surface area (Å²) in [5.74, 6) is 0.847. The highest BCUT2D eigenvalue weighted by Crippen LogP contribution is 2.28. The molecule has 0 atom stereocenters. The van der Waals surface area contributed by atoms with E-state index in [4.69, 9.17) is 32.7 Å². The van der Waals surface area contributed by atoms with Crippen molar-refractivity contribution < 1.29 is 19.1 Å². The Balaban J connectivity index is 1.37. The molecule has 0 aliphatic carbocycles. The van der Waals surface area contributed by atoms with E-state index in [-0.39, 0.29) is 11.7 Å². The summed E-state index contributed by atoms with van der Waals surface area (Å²) in [6.45, 7) is 2.48. The number of esters is 1. The predicted octanol–water partition coefficient (Wildman–Crippen LogP) is 6.49. The number of nitrogens with zero attached hydrogens (tertiary/aromatic N) is 3. The number of anilines is 1. The lowest BCUT2D eigenvalue weighted by Crippen LogP contribution is -2.15. The Hall–Kier alpha value is -3.53. The molecule has 0 aliphatic rings. The van der Waals surface area contributed by atoms with Gasteiger partial charge >= 0.3 is 5.97 Å². The average molecular weight is 586 g/mol. The van der Waals surface area contributed by atoms with E-state index in [1.165, 1.54) is 11.8 Å². The Morgan fingerprint density at radius 1 is 1.00 bits per heavy atom. The smallest absolute Gasteiger partial charge is 0.338 e. The van der Waals surface area contributed by atoms with Crippen LogP contribution in [0.2, 0.25) is 10.0 Å². The van der Waals surface area contributed by atoms with Crippen LogP contribution in [0.3, 0.4) is 0 Å². The Labute approximate surface area is 240 Å². The third kappa shape index (κ3) is 7.98. The third-order valence-corrected chi connectivity index (χ3v) is 6.88. The first-order chi connectivity index (χ1) is 18.9. The van der Waals surface area contributed by atoms with Gasteiger partial charge in [-0.15, -0.1) is 10.2 Å². The van der Waals surface area contributed by atoms with Crippen LogP contribution < -0.4 is 10.1 Å². The minimum atomic E-state index is -0.401. The van der Waals surface area contributed by atoms with E-state index in [2.05, 4.69) is 15.5 Å². The summed E-state index contributed by atoms with van der Waals surface area (Å²) < 4.78 is 12.7. The molecule has 0 bridgehead atoms. The zero-order valence-corrected chi connectivity index (χ0v) is 23.4. The monoisotopic (exact) mass is 584 g/mol. The number of halogens is 2.